The molecule has 8 heteroatoms. The fourth-order valence-electron chi connectivity index (χ4n) is 3.80. The van der Waals surface area contributed by atoms with Crippen molar-refractivity contribution < 1.29 is 19.0 Å². The molecule has 31 heavy (non-hydrogen) atoms. The molecule has 0 unspecified atom stereocenters. The van der Waals surface area contributed by atoms with Crippen LogP contribution in [0.4, 0.5) is 10.6 Å². The number of morpholine rings is 1. The van der Waals surface area contributed by atoms with E-state index < -0.39 is 0 Å². The molecule has 4 rings (SSSR count). The summed E-state index contributed by atoms with van der Waals surface area (Å²) in [7, 11) is 0. The highest BCUT2D eigenvalue weighted by Crippen LogP contribution is 2.34. The van der Waals surface area contributed by atoms with Crippen molar-refractivity contribution in [2.24, 2.45) is 5.92 Å². The standard InChI is InChI=1S/C23H30N4O4/c1-16(2)22(18-3-4-19-20(14-18)31-12-11-30-19)26-23(28)25-15-17-5-6-24-21(13-17)27-7-9-29-10-8-27/h3-6,13-14,16,22H,7-12,15H2,1-2H3,(H2,25,26,28)/t22-/m0/s1. The van der Waals surface area contributed by atoms with Crippen LogP contribution in [-0.2, 0) is 11.3 Å². The normalized spacial score (nSPS) is 16.7. The van der Waals surface area contributed by atoms with E-state index in [1.807, 2.05) is 30.3 Å². The minimum Gasteiger partial charge on any atom is -0.486 e. The van der Waals surface area contributed by atoms with Gasteiger partial charge in [-0.2, -0.15) is 0 Å². The van der Waals surface area contributed by atoms with Crippen LogP contribution in [0, 0.1) is 5.92 Å². The molecule has 2 amide bonds. The predicted octanol–water partition coefficient (Wildman–Crippen LogP) is 2.89. The van der Waals surface area contributed by atoms with Crippen molar-refractivity contribution in [2.45, 2.75) is 26.4 Å². The third-order valence-electron chi connectivity index (χ3n) is 5.48. The van der Waals surface area contributed by atoms with Gasteiger partial charge in [-0.3, -0.25) is 0 Å². The second-order valence-corrected chi connectivity index (χ2v) is 8.07. The molecule has 1 aromatic carbocycles. The van der Waals surface area contributed by atoms with Crippen LogP contribution in [0.5, 0.6) is 11.5 Å². The molecule has 0 spiro atoms. The zero-order chi connectivity index (χ0) is 21.6. The fraction of sp³-hybridized carbons (Fsp3) is 0.478. The van der Waals surface area contributed by atoms with Gasteiger partial charge in [-0.25, -0.2) is 9.78 Å². The Morgan fingerprint density at radius 2 is 1.84 bits per heavy atom. The minimum atomic E-state index is -0.210. The maximum absolute atomic E-state index is 12.7. The Balaban J connectivity index is 1.37. The molecular formula is C23H30N4O4. The summed E-state index contributed by atoms with van der Waals surface area (Å²) in [5, 5.41) is 6.07. The number of pyridine rings is 1. The Morgan fingerprint density at radius 3 is 2.61 bits per heavy atom. The summed E-state index contributed by atoms with van der Waals surface area (Å²) in [6, 6.07) is 9.43. The van der Waals surface area contributed by atoms with Crippen LogP contribution in [0.2, 0.25) is 0 Å². The number of carbonyl (C=O) groups excluding carboxylic acids is 1. The second kappa shape index (κ2) is 9.87. The van der Waals surface area contributed by atoms with Gasteiger partial charge >= 0.3 is 6.03 Å². The Bertz CT molecular complexity index is 899. The van der Waals surface area contributed by atoms with E-state index in [1.165, 1.54) is 0 Å². The number of hydrogen-bond acceptors (Lipinski definition) is 6. The molecule has 2 aliphatic heterocycles. The van der Waals surface area contributed by atoms with Crippen molar-refractivity contribution in [3.63, 3.8) is 0 Å². The summed E-state index contributed by atoms with van der Waals surface area (Å²) < 4.78 is 16.7. The van der Waals surface area contributed by atoms with Crippen molar-refractivity contribution in [3.05, 3.63) is 47.7 Å². The van der Waals surface area contributed by atoms with Crippen LogP contribution < -0.4 is 25.0 Å². The zero-order valence-corrected chi connectivity index (χ0v) is 18.1. The lowest BCUT2D eigenvalue weighted by molar-refractivity contribution is 0.122. The van der Waals surface area contributed by atoms with Crippen molar-refractivity contribution in [1.29, 1.82) is 0 Å². The van der Waals surface area contributed by atoms with Gasteiger partial charge < -0.3 is 29.7 Å². The molecule has 166 valence electrons. The smallest absolute Gasteiger partial charge is 0.315 e. The first-order chi connectivity index (χ1) is 15.1. The van der Waals surface area contributed by atoms with Crippen molar-refractivity contribution in [2.75, 3.05) is 44.4 Å². The predicted molar refractivity (Wildman–Crippen MR) is 118 cm³/mol. The van der Waals surface area contributed by atoms with Crippen LogP contribution in [0.3, 0.4) is 0 Å². The second-order valence-electron chi connectivity index (χ2n) is 8.07. The molecule has 8 nitrogen and oxygen atoms in total. The maximum atomic E-state index is 12.7. The number of nitrogens with zero attached hydrogens (tertiary/aromatic N) is 2. The Hall–Kier alpha value is -3.00. The van der Waals surface area contributed by atoms with Crippen LogP contribution in [-0.4, -0.2) is 50.5 Å². The molecule has 1 atom stereocenters. The van der Waals surface area contributed by atoms with Crippen molar-refractivity contribution >= 4 is 11.8 Å². The first kappa shape index (κ1) is 21.2. The molecule has 1 fully saturated rings. The van der Waals surface area contributed by atoms with E-state index >= 15 is 0 Å². The number of nitrogens with one attached hydrogen (secondary N) is 2. The van der Waals surface area contributed by atoms with Gasteiger partial charge in [-0.1, -0.05) is 19.9 Å². The number of benzene rings is 1. The lowest BCUT2D eigenvalue weighted by Gasteiger charge is -2.28. The monoisotopic (exact) mass is 426 g/mol. The largest absolute Gasteiger partial charge is 0.486 e. The third kappa shape index (κ3) is 5.38. The van der Waals surface area contributed by atoms with Gasteiger partial charge in [0.25, 0.3) is 0 Å². The highest BCUT2D eigenvalue weighted by molar-refractivity contribution is 5.74. The third-order valence-corrected chi connectivity index (χ3v) is 5.48. The molecule has 0 saturated carbocycles. The van der Waals surface area contributed by atoms with E-state index in [9.17, 15) is 4.79 Å². The molecule has 2 N–H and O–H groups in total. The molecule has 0 aliphatic carbocycles. The number of carbonyl (C=O) groups is 1. The van der Waals surface area contributed by atoms with E-state index in [0.717, 1.165) is 41.5 Å². The summed E-state index contributed by atoms with van der Waals surface area (Å²) in [6.45, 7) is 8.77. The summed E-state index contributed by atoms with van der Waals surface area (Å²) in [6.07, 6.45) is 1.78. The number of hydrogen-bond donors (Lipinski definition) is 2. The Labute approximate surface area is 182 Å². The van der Waals surface area contributed by atoms with Crippen molar-refractivity contribution in [1.82, 2.24) is 15.6 Å². The van der Waals surface area contributed by atoms with E-state index in [-0.39, 0.29) is 18.0 Å². The fourth-order valence-corrected chi connectivity index (χ4v) is 3.80. The highest BCUT2D eigenvalue weighted by atomic mass is 16.6. The minimum absolute atomic E-state index is 0.142. The highest BCUT2D eigenvalue weighted by Gasteiger charge is 2.21. The molecule has 2 aliphatic rings. The van der Waals surface area contributed by atoms with Gasteiger partial charge in [0, 0.05) is 25.8 Å². The number of rotatable bonds is 6. The lowest BCUT2D eigenvalue weighted by Crippen LogP contribution is -2.39. The van der Waals surface area contributed by atoms with E-state index in [1.54, 1.807) is 6.20 Å². The van der Waals surface area contributed by atoms with Crippen LogP contribution in [0.15, 0.2) is 36.5 Å². The van der Waals surface area contributed by atoms with Gasteiger partial charge in [0.15, 0.2) is 11.5 Å². The molecule has 0 radical (unpaired) electrons. The van der Waals surface area contributed by atoms with Crippen LogP contribution in [0.1, 0.15) is 31.0 Å². The topological polar surface area (TPSA) is 85.0 Å². The summed E-state index contributed by atoms with van der Waals surface area (Å²) in [4.78, 5) is 19.3. The molecule has 1 aromatic heterocycles. The number of urea groups is 1. The van der Waals surface area contributed by atoms with Gasteiger partial charge in [0.2, 0.25) is 0 Å². The number of amides is 2. The van der Waals surface area contributed by atoms with Crippen LogP contribution in [0.25, 0.3) is 0 Å². The summed E-state index contributed by atoms with van der Waals surface area (Å²) in [5.74, 6) is 2.60. The van der Waals surface area contributed by atoms with Crippen LogP contribution >= 0.6 is 0 Å². The first-order valence-electron chi connectivity index (χ1n) is 10.8. The molecule has 1 saturated heterocycles. The van der Waals surface area contributed by atoms with E-state index in [4.69, 9.17) is 14.2 Å². The molecule has 3 heterocycles. The SMILES string of the molecule is CC(C)[C@H](NC(=O)NCc1ccnc(N2CCOCC2)c1)c1ccc2c(c1)OCCO2. The summed E-state index contributed by atoms with van der Waals surface area (Å²) >= 11 is 0. The molecular weight excluding hydrogens is 396 g/mol. The lowest BCUT2D eigenvalue weighted by atomic mass is 9.95. The summed E-state index contributed by atoms with van der Waals surface area (Å²) in [5.41, 5.74) is 2.00. The van der Waals surface area contributed by atoms with E-state index in [0.29, 0.717) is 33.0 Å². The van der Waals surface area contributed by atoms with Gasteiger partial charge in [-0.15, -0.1) is 0 Å². The maximum Gasteiger partial charge on any atom is 0.315 e. The Morgan fingerprint density at radius 1 is 1.06 bits per heavy atom. The average Bonchev–Trinajstić information content (AvgIpc) is 2.81. The van der Waals surface area contributed by atoms with Crippen molar-refractivity contribution in [3.8, 4) is 11.5 Å². The number of ether oxygens (including phenoxy) is 3. The number of aromatic nitrogens is 1. The molecule has 2 aromatic rings. The number of fused-ring (bicyclic) bond motifs is 1. The van der Waals surface area contributed by atoms with E-state index in [2.05, 4.69) is 34.4 Å². The number of anilines is 1. The first-order valence-corrected chi connectivity index (χ1v) is 10.8. The quantitative estimate of drug-likeness (QED) is 0.739. The van der Waals surface area contributed by atoms with Gasteiger partial charge in [0.05, 0.1) is 19.3 Å². The van der Waals surface area contributed by atoms with Gasteiger partial charge in [-0.05, 0) is 41.3 Å². The molecule has 0 bridgehead atoms. The van der Waals surface area contributed by atoms with Gasteiger partial charge in [0.1, 0.15) is 19.0 Å². The Kier molecular flexibility index (Phi) is 6.76. The average molecular weight is 427 g/mol. The zero-order valence-electron chi connectivity index (χ0n) is 18.1.